The Labute approximate surface area is 178 Å². The molecule has 0 aliphatic carbocycles. The van der Waals surface area contributed by atoms with Crippen LogP contribution in [0.15, 0.2) is 30.3 Å². The first-order valence-electron chi connectivity index (χ1n) is 9.37. The van der Waals surface area contributed by atoms with E-state index < -0.39 is 66.8 Å². The van der Waals surface area contributed by atoms with Crippen LogP contribution in [0.3, 0.4) is 0 Å². The van der Waals surface area contributed by atoms with Gasteiger partial charge in [0.05, 0.1) is 19.1 Å². The predicted octanol–water partition coefficient (Wildman–Crippen LogP) is -3.02. The van der Waals surface area contributed by atoms with Crippen molar-refractivity contribution in [3.05, 3.63) is 35.9 Å². The molecule has 4 amide bonds. The van der Waals surface area contributed by atoms with Crippen molar-refractivity contribution in [1.82, 2.24) is 16.0 Å². The van der Waals surface area contributed by atoms with Crippen molar-refractivity contribution < 1.29 is 34.2 Å². The summed E-state index contributed by atoms with van der Waals surface area (Å²) in [5, 5.41) is 25.1. The summed E-state index contributed by atoms with van der Waals surface area (Å²) < 4.78 is 0. The number of rotatable bonds is 12. The second kappa shape index (κ2) is 12.2. The summed E-state index contributed by atoms with van der Waals surface area (Å²) in [7, 11) is 0. The van der Waals surface area contributed by atoms with Crippen molar-refractivity contribution in [3.63, 3.8) is 0 Å². The Bertz CT molecular complexity index is 802. The van der Waals surface area contributed by atoms with Crippen molar-refractivity contribution in [1.29, 1.82) is 0 Å². The number of carbonyl (C=O) groups excluding carboxylic acids is 4. The highest BCUT2D eigenvalue weighted by Gasteiger charge is 2.29. The molecular weight excluding hydrogens is 410 g/mol. The van der Waals surface area contributed by atoms with E-state index in [1.807, 2.05) is 0 Å². The molecule has 0 fully saturated rings. The molecule has 170 valence electrons. The van der Waals surface area contributed by atoms with Crippen molar-refractivity contribution in [2.24, 2.45) is 11.5 Å². The summed E-state index contributed by atoms with van der Waals surface area (Å²) in [5.74, 6) is -4.58. The highest BCUT2D eigenvalue weighted by atomic mass is 16.4. The summed E-state index contributed by atoms with van der Waals surface area (Å²) >= 11 is 0. The fraction of sp³-hybridized carbons (Fsp3) is 0.421. The van der Waals surface area contributed by atoms with Gasteiger partial charge in [-0.2, -0.15) is 0 Å². The number of amides is 4. The van der Waals surface area contributed by atoms with Gasteiger partial charge in [-0.25, -0.2) is 4.79 Å². The van der Waals surface area contributed by atoms with Gasteiger partial charge >= 0.3 is 5.97 Å². The highest BCUT2D eigenvalue weighted by Crippen LogP contribution is 2.05. The second-order valence-electron chi connectivity index (χ2n) is 6.84. The number of aliphatic hydroxyl groups is 1. The number of aliphatic carboxylic acids is 1. The zero-order chi connectivity index (χ0) is 23.6. The van der Waals surface area contributed by atoms with Gasteiger partial charge in [0.15, 0.2) is 0 Å². The monoisotopic (exact) mass is 437 g/mol. The minimum Gasteiger partial charge on any atom is -0.480 e. The molecule has 1 aromatic rings. The number of carboxylic acid groups (broad SMARTS) is 1. The minimum absolute atomic E-state index is 0.0258. The number of benzene rings is 1. The van der Waals surface area contributed by atoms with E-state index in [9.17, 15) is 24.0 Å². The summed E-state index contributed by atoms with van der Waals surface area (Å²) in [4.78, 5) is 59.0. The van der Waals surface area contributed by atoms with Crippen LogP contribution in [-0.4, -0.2) is 70.6 Å². The fourth-order valence-corrected chi connectivity index (χ4v) is 2.51. The van der Waals surface area contributed by atoms with Crippen LogP contribution in [0.5, 0.6) is 0 Å². The molecule has 1 aromatic carbocycles. The van der Waals surface area contributed by atoms with E-state index in [0.717, 1.165) is 0 Å². The van der Waals surface area contributed by atoms with E-state index >= 15 is 0 Å². The molecule has 0 saturated carbocycles. The zero-order valence-corrected chi connectivity index (χ0v) is 16.9. The highest BCUT2D eigenvalue weighted by molar-refractivity contribution is 5.94. The quantitative estimate of drug-likeness (QED) is 0.178. The first-order valence-corrected chi connectivity index (χ1v) is 9.37. The van der Waals surface area contributed by atoms with E-state index in [2.05, 4.69) is 16.0 Å². The summed E-state index contributed by atoms with van der Waals surface area (Å²) in [6, 6.07) is 3.53. The Morgan fingerprint density at radius 2 is 1.52 bits per heavy atom. The van der Waals surface area contributed by atoms with Gasteiger partial charge < -0.3 is 37.6 Å². The number of primary amides is 1. The molecule has 4 atom stereocenters. The van der Waals surface area contributed by atoms with Gasteiger partial charge in [0, 0.05) is 6.42 Å². The normalized spacial score (nSPS) is 14.4. The molecule has 0 aromatic heterocycles. The van der Waals surface area contributed by atoms with Crippen LogP contribution in [-0.2, 0) is 30.4 Å². The van der Waals surface area contributed by atoms with E-state index in [0.29, 0.717) is 5.56 Å². The average molecular weight is 437 g/mol. The molecule has 0 bridgehead atoms. The summed E-state index contributed by atoms with van der Waals surface area (Å²) in [6.07, 6.45) is -0.380. The Morgan fingerprint density at radius 3 is 2.03 bits per heavy atom. The van der Waals surface area contributed by atoms with Crippen LogP contribution in [0.4, 0.5) is 0 Å². The molecule has 12 nitrogen and oxygen atoms in total. The largest absolute Gasteiger partial charge is 0.480 e. The van der Waals surface area contributed by atoms with Gasteiger partial charge in [0.2, 0.25) is 23.6 Å². The number of hydrogen-bond donors (Lipinski definition) is 7. The number of nitrogens with one attached hydrogen (secondary N) is 3. The minimum atomic E-state index is -1.55. The molecule has 4 unspecified atom stereocenters. The molecule has 9 N–H and O–H groups in total. The molecule has 1 rings (SSSR count). The lowest BCUT2D eigenvalue weighted by Crippen LogP contribution is -2.57. The third-order valence-electron chi connectivity index (χ3n) is 4.22. The molecule has 0 saturated heterocycles. The van der Waals surface area contributed by atoms with Gasteiger partial charge in [0.25, 0.3) is 0 Å². The van der Waals surface area contributed by atoms with Crippen LogP contribution in [0.25, 0.3) is 0 Å². The van der Waals surface area contributed by atoms with E-state index in [-0.39, 0.29) is 6.42 Å². The Kier molecular flexibility index (Phi) is 10.1. The van der Waals surface area contributed by atoms with Gasteiger partial charge in [-0.05, 0) is 12.5 Å². The number of hydrogen-bond acceptors (Lipinski definition) is 7. The summed E-state index contributed by atoms with van der Waals surface area (Å²) in [5.41, 5.74) is 11.2. The molecule has 12 heteroatoms. The van der Waals surface area contributed by atoms with Crippen LogP contribution < -0.4 is 27.4 Å². The predicted molar refractivity (Wildman–Crippen MR) is 108 cm³/mol. The lowest BCUT2D eigenvalue weighted by atomic mass is 10.0. The SMILES string of the molecule is CC(NC(=O)C(N)CC(N)=O)C(=O)NC(Cc1ccccc1)C(=O)NC(CO)C(=O)O. The molecule has 0 aliphatic rings. The number of carbonyl (C=O) groups is 5. The molecule has 0 aliphatic heterocycles. The van der Waals surface area contributed by atoms with Crippen molar-refractivity contribution >= 4 is 29.6 Å². The Balaban J connectivity index is 2.88. The van der Waals surface area contributed by atoms with Crippen LogP contribution in [0.1, 0.15) is 18.9 Å². The lowest BCUT2D eigenvalue weighted by Gasteiger charge is -2.23. The molecule has 31 heavy (non-hydrogen) atoms. The second-order valence-corrected chi connectivity index (χ2v) is 6.84. The Hall–Kier alpha value is -3.51. The van der Waals surface area contributed by atoms with Gasteiger partial charge in [-0.3, -0.25) is 19.2 Å². The van der Waals surface area contributed by atoms with E-state index in [1.54, 1.807) is 30.3 Å². The van der Waals surface area contributed by atoms with Gasteiger partial charge in [0.1, 0.15) is 18.1 Å². The standard InChI is InChI=1S/C19H27N5O7/c1-10(22-17(28)12(20)8-15(21)26)16(27)23-13(7-11-5-3-2-4-6-11)18(29)24-14(9-25)19(30)31/h2-6,10,12-14,25H,7-9,20H2,1H3,(H2,21,26)(H,22,28)(H,23,27)(H,24,29)(H,30,31). The first kappa shape index (κ1) is 25.5. The number of aliphatic hydroxyl groups excluding tert-OH is 1. The molecule has 0 heterocycles. The average Bonchev–Trinajstić information content (AvgIpc) is 2.71. The van der Waals surface area contributed by atoms with Crippen LogP contribution in [0, 0.1) is 0 Å². The van der Waals surface area contributed by atoms with Crippen LogP contribution in [0.2, 0.25) is 0 Å². The molecule has 0 spiro atoms. The molecule has 0 radical (unpaired) electrons. The van der Waals surface area contributed by atoms with Crippen molar-refractivity contribution in [3.8, 4) is 0 Å². The fourth-order valence-electron chi connectivity index (χ4n) is 2.51. The third-order valence-corrected chi connectivity index (χ3v) is 4.22. The van der Waals surface area contributed by atoms with E-state index in [1.165, 1.54) is 6.92 Å². The lowest BCUT2D eigenvalue weighted by molar-refractivity contribution is -0.143. The topological polar surface area (TPSA) is 214 Å². The van der Waals surface area contributed by atoms with E-state index in [4.69, 9.17) is 21.7 Å². The zero-order valence-electron chi connectivity index (χ0n) is 16.9. The maximum atomic E-state index is 12.6. The first-order chi connectivity index (χ1) is 14.5. The van der Waals surface area contributed by atoms with Gasteiger partial charge in [-0.1, -0.05) is 30.3 Å². The van der Waals surface area contributed by atoms with Crippen molar-refractivity contribution in [2.45, 2.75) is 43.9 Å². The van der Waals surface area contributed by atoms with Gasteiger partial charge in [-0.15, -0.1) is 0 Å². The maximum absolute atomic E-state index is 12.6. The summed E-state index contributed by atoms with van der Waals surface area (Å²) in [6.45, 7) is 0.507. The van der Waals surface area contributed by atoms with Crippen molar-refractivity contribution in [2.75, 3.05) is 6.61 Å². The maximum Gasteiger partial charge on any atom is 0.328 e. The number of carboxylic acids is 1. The number of nitrogens with two attached hydrogens (primary N) is 2. The van der Waals surface area contributed by atoms with Crippen LogP contribution >= 0.6 is 0 Å². The third kappa shape index (κ3) is 8.80. The Morgan fingerprint density at radius 1 is 0.935 bits per heavy atom. The smallest absolute Gasteiger partial charge is 0.328 e. The molecular formula is C19H27N5O7.